The van der Waals surface area contributed by atoms with Gasteiger partial charge in [-0.15, -0.1) is 0 Å². The normalized spacial score (nSPS) is 11.5. The fourth-order valence-corrected chi connectivity index (χ4v) is 2.08. The summed E-state index contributed by atoms with van der Waals surface area (Å²) in [4.78, 5) is 27.0. The number of hydrogen-bond acceptors (Lipinski definition) is 5. The van der Waals surface area contributed by atoms with Crippen molar-refractivity contribution in [1.82, 2.24) is 14.8 Å². The van der Waals surface area contributed by atoms with E-state index in [2.05, 4.69) is 10.1 Å². The molecule has 0 bridgehead atoms. The average molecular weight is 281 g/mol. The molecular formula is C11H11N3O4S. The molecule has 19 heavy (non-hydrogen) atoms. The van der Waals surface area contributed by atoms with Crippen LogP contribution in [0.15, 0.2) is 34.2 Å². The zero-order valence-corrected chi connectivity index (χ0v) is 11.1. The van der Waals surface area contributed by atoms with E-state index in [0.29, 0.717) is 0 Å². The van der Waals surface area contributed by atoms with E-state index in [1.165, 1.54) is 25.3 Å². The van der Waals surface area contributed by atoms with Crippen molar-refractivity contribution in [2.24, 2.45) is 0 Å². The Labute approximate surface area is 108 Å². The Kier molecular flexibility index (Phi) is 3.11. The quantitative estimate of drug-likeness (QED) is 0.808. The third-order valence-electron chi connectivity index (χ3n) is 2.53. The zero-order chi connectivity index (χ0) is 14.2. The molecule has 0 amide bonds. The van der Waals surface area contributed by atoms with Crippen molar-refractivity contribution in [3.63, 3.8) is 0 Å². The molecule has 2 heterocycles. The summed E-state index contributed by atoms with van der Waals surface area (Å²) in [5.74, 6) is -0.141. The number of sulfone groups is 1. The Morgan fingerprint density at radius 1 is 1.37 bits per heavy atom. The van der Waals surface area contributed by atoms with Gasteiger partial charge in [-0.05, 0) is 19.1 Å². The number of carbonyl (C=O) groups is 1. The molecule has 2 rings (SSSR count). The highest BCUT2D eigenvalue weighted by Gasteiger charge is 2.13. The van der Waals surface area contributed by atoms with Crippen LogP contribution in [-0.2, 0) is 9.84 Å². The third-order valence-corrected chi connectivity index (χ3v) is 3.63. The highest BCUT2D eigenvalue weighted by Crippen LogP contribution is 2.09. The summed E-state index contributed by atoms with van der Waals surface area (Å²) in [5, 5.41) is 2.60. The molecule has 8 heteroatoms. The summed E-state index contributed by atoms with van der Waals surface area (Å²) >= 11 is 0. The van der Waals surface area contributed by atoms with Crippen LogP contribution in [0.5, 0.6) is 0 Å². The first-order valence-corrected chi connectivity index (χ1v) is 7.17. The maximum Gasteiger partial charge on any atom is 0.283 e. The maximum atomic E-state index is 11.8. The summed E-state index contributed by atoms with van der Waals surface area (Å²) in [5.41, 5.74) is -0.499. The molecule has 0 saturated carbocycles. The monoisotopic (exact) mass is 281 g/mol. The number of nitrogens with one attached hydrogen (secondary N) is 1. The standard InChI is InChI=1S/C11H11N3O4S/c1-7(15)9-6-13-14(11(9)16)10-4-3-8(5-12-10)19(2,17)18/h3-6,13H,1-2H3. The maximum absolute atomic E-state index is 11.8. The summed E-state index contributed by atoms with van der Waals surface area (Å²) < 4.78 is 23.6. The van der Waals surface area contributed by atoms with Crippen molar-refractivity contribution in [1.29, 1.82) is 0 Å². The van der Waals surface area contributed by atoms with Gasteiger partial charge < -0.3 is 0 Å². The smallest absolute Gasteiger partial charge is 0.283 e. The molecule has 0 unspecified atom stereocenters. The van der Waals surface area contributed by atoms with Crippen LogP contribution in [0.2, 0.25) is 0 Å². The first kappa shape index (κ1) is 13.2. The van der Waals surface area contributed by atoms with Crippen molar-refractivity contribution in [3.8, 4) is 5.82 Å². The molecule has 1 N–H and O–H groups in total. The molecule has 0 fully saturated rings. The zero-order valence-electron chi connectivity index (χ0n) is 10.2. The highest BCUT2D eigenvalue weighted by molar-refractivity contribution is 7.90. The van der Waals surface area contributed by atoms with Gasteiger partial charge in [0.25, 0.3) is 5.56 Å². The van der Waals surface area contributed by atoms with E-state index < -0.39 is 15.4 Å². The number of aromatic amines is 1. The first-order chi connectivity index (χ1) is 8.80. The Hall–Kier alpha value is -2.22. The molecule has 0 spiro atoms. The van der Waals surface area contributed by atoms with Crippen LogP contribution >= 0.6 is 0 Å². The predicted octanol–water partition coefficient (Wildman–Crippen LogP) is 0.167. The van der Waals surface area contributed by atoms with E-state index in [4.69, 9.17) is 0 Å². The van der Waals surface area contributed by atoms with E-state index in [0.717, 1.165) is 17.1 Å². The van der Waals surface area contributed by atoms with Crippen molar-refractivity contribution in [2.75, 3.05) is 6.26 Å². The molecular weight excluding hydrogens is 270 g/mol. The topological polar surface area (TPSA) is 102 Å². The number of H-pyrrole nitrogens is 1. The fraction of sp³-hybridized carbons (Fsp3) is 0.182. The van der Waals surface area contributed by atoms with Crippen LogP contribution in [0.3, 0.4) is 0 Å². The number of carbonyl (C=O) groups excluding carboxylic acids is 1. The van der Waals surface area contributed by atoms with E-state index in [9.17, 15) is 18.0 Å². The van der Waals surface area contributed by atoms with Gasteiger partial charge in [-0.2, -0.15) is 0 Å². The average Bonchev–Trinajstić information content (AvgIpc) is 2.70. The molecule has 0 aliphatic rings. The van der Waals surface area contributed by atoms with Gasteiger partial charge in [0.2, 0.25) is 0 Å². The van der Waals surface area contributed by atoms with Gasteiger partial charge in [-0.25, -0.2) is 18.1 Å². The van der Waals surface area contributed by atoms with Crippen molar-refractivity contribution in [3.05, 3.63) is 40.4 Å². The number of ketones is 1. The second kappa shape index (κ2) is 4.47. The third kappa shape index (κ3) is 2.48. The Morgan fingerprint density at radius 3 is 2.47 bits per heavy atom. The van der Waals surface area contributed by atoms with Crippen LogP contribution in [0, 0.1) is 0 Å². The molecule has 0 saturated heterocycles. The van der Waals surface area contributed by atoms with Crippen molar-refractivity contribution >= 4 is 15.6 Å². The lowest BCUT2D eigenvalue weighted by Gasteiger charge is -2.01. The number of aromatic nitrogens is 3. The van der Waals surface area contributed by atoms with Gasteiger partial charge in [0, 0.05) is 18.6 Å². The Balaban J connectivity index is 2.50. The van der Waals surface area contributed by atoms with Gasteiger partial charge in [0.05, 0.1) is 4.90 Å². The molecule has 2 aromatic rings. The minimum absolute atomic E-state index is 0.0222. The minimum Gasteiger partial charge on any atom is -0.296 e. The van der Waals surface area contributed by atoms with Gasteiger partial charge in [0.15, 0.2) is 21.4 Å². The number of rotatable bonds is 3. The summed E-state index contributed by atoms with van der Waals surface area (Å²) in [6, 6.07) is 2.73. The summed E-state index contributed by atoms with van der Waals surface area (Å²) in [6.45, 7) is 1.29. The lowest BCUT2D eigenvalue weighted by molar-refractivity contribution is 0.101. The Bertz CT molecular complexity index is 784. The number of hydrogen-bond donors (Lipinski definition) is 1. The van der Waals surface area contributed by atoms with Crippen molar-refractivity contribution in [2.45, 2.75) is 11.8 Å². The van der Waals surface area contributed by atoms with E-state index >= 15 is 0 Å². The van der Waals surface area contributed by atoms with E-state index in [1.807, 2.05) is 0 Å². The Morgan fingerprint density at radius 2 is 2.05 bits per heavy atom. The second-order valence-electron chi connectivity index (χ2n) is 4.01. The number of nitrogens with zero attached hydrogens (tertiary/aromatic N) is 2. The highest BCUT2D eigenvalue weighted by atomic mass is 32.2. The lowest BCUT2D eigenvalue weighted by atomic mass is 10.2. The van der Waals surface area contributed by atoms with Gasteiger partial charge in [-0.3, -0.25) is 14.7 Å². The van der Waals surface area contributed by atoms with Crippen LogP contribution in [-0.4, -0.2) is 35.2 Å². The molecule has 2 aromatic heterocycles. The molecule has 0 aliphatic carbocycles. The first-order valence-electron chi connectivity index (χ1n) is 5.28. The minimum atomic E-state index is -3.33. The van der Waals surface area contributed by atoms with Crippen molar-refractivity contribution < 1.29 is 13.2 Å². The molecule has 100 valence electrons. The van der Waals surface area contributed by atoms with Crippen LogP contribution in [0.1, 0.15) is 17.3 Å². The molecule has 7 nitrogen and oxygen atoms in total. The fourth-order valence-electron chi connectivity index (χ4n) is 1.52. The van der Waals surface area contributed by atoms with Crippen LogP contribution < -0.4 is 5.56 Å². The SMILES string of the molecule is CC(=O)c1c[nH]n(-c2ccc(S(C)(=O)=O)cn2)c1=O. The lowest BCUT2D eigenvalue weighted by Crippen LogP contribution is -2.20. The summed E-state index contributed by atoms with van der Waals surface area (Å²) in [7, 11) is -3.33. The molecule has 0 radical (unpaired) electrons. The predicted molar refractivity (Wildman–Crippen MR) is 67.3 cm³/mol. The summed E-state index contributed by atoms with van der Waals surface area (Å²) in [6.07, 6.45) is 3.51. The molecule has 0 atom stereocenters. The van der Waals surface area contributed by atoms with E-state index in [-0.39, 0.29) is 22.1 Å². The molecule has 0 aliphatic heterocycles. The largest absolute Gasteiger partial charge is 0.296 e. The molecule has 0 aromatic carbocycles. The van der Waals surface area contributed by atoms with E-state index in [1.54, 1.807) is 0 Å². The second-order valence-corrected chi connectivity index (χ2v) is 6.02. The van der Waals surface area contributed by atoms with Crippen LogP contribution in [0.25, 0.3) is 5.82 Å². The van der Waals surface area contributed by atoms with Gasteiger partial charge in [0.1, 0.15) is 5.56 Å². The number of pyridine rings is 1. The van der Waals surface area contributed by atoms with Gasteiger partial charge >= 0.3 is 0 Å². The van der Waals surface area contributed by atoms with Gasteiger partial charge in [-0.1, -0.05) is 0 Å². The number of Topliss-reactive ketones (excluding diaryl/α,β-unsaturated/α-hetero) is 1. The van der Waals surface area contributed by atoms with Crippen LogP contribution in [0.4, 0.5) is 0 Å².